The number of nitrogens with one attached hydrogen (secondary N) is 2. The summed E-state index contributed by atoms with van der Waals surface area (Å²) in [4.78, 5) is 33.5. The van der Waals surface area contributed by atoms with Crippen LogP contribution in [0.15, 0.2) is 0 Å². The molecule has 0 radical (unpaired) electrons. The van der Waals surface area contributed by atoms with Crippen molar-refractivity contribution in [3.63, 3.8) is 0 Å². The number of nitrogens with two attached hydrogens (primary N) is 1. The van der Waals surface area contributed by atoms with Gasteiger partial charge in [0.05, 0.1) is 6.42 Å². The number of fused-ring (bicyclic) bond motifs is 5. The molecule has 3 aliphatic rings. The Bertz CT molecular complexity index is 451. The number of hydrogen-bond acceptors (Lipinski definition) is 3. The molecule has 5 N–H and O–H groups in total. The van der Waals surface area contributed by atoms with Gasteiger partial charge in [-0.15, -0.1) is 0 Å². The Hall–Kier alpha value is -1.79. The number of urea groups is 1. The molecule has 0 aromatic heterocycles. The lowest BCUT2D eigenvalue weighted by atomic mass is 10.0. The van der Waals surface area contributed by atoms with Crippen LogP contribution in [0.2, 0.25) is 0 Å². The number of carboxylic acid groups (broad SMARTS) is 1. The minimum atomic E-state index is -1.26. The largest absolute Gasteiger partial charge is 0.480 e. The molecule has 3 aliphatic carbocycles. The Balaban J connectivity index is 1.50. The Morgan fingerprint density at radius 2 is 1.80 bits per heavy atom. The molecular formula is C13H19N3O4. The van der Waals surface area contributed by atoms with Gasteiger partial charge >= 0.3 is 12.0 Å². The van der Waals surface area contributed by atoms with Crippen molar-refractivity contribution in [2.24, 2.45) is 29.4 Å². The van der Waals surface area contributed by atoms with Gasteiger partial charge < -0.3 is 21.5 Å². The van der Waals surface area contributed by atoms with Crippen molar-refractivity contribution in [3.8, 4) is 0 Å². The van der Waals surface area contributed by atoms with Crippen LogP contribution in [0, 0.1) is 23.7 Å². The molecule has 3 amide bonds. The van der Waals surface area contributed by atoms with Crippen LogP contribution in [-0.4, -0.2) is 35.1 Å². The van der Waals surface area contributed by atoms with E-state index in [0.717, 1.165) is 11.8 Å². The van der Waals surface area contributed by atoms with Crippen LogP contribution < -0.4 is 16.4 Å². The summed E-state index contributed by atoms with van der Waals surface area (Å²) in [6, 6.07) is -1.59. The molecule has 0 aromatic rings. The summed E-state index contributed by atoms with van der Waals surface area (Å²) >= 11 is 0. The third kappa shape index (κ3) is 2.21. The molecule has 0 aromatic carbocycles. The molecule has 4 unspecified atom stereocenters. The lowest BCUT2D eigenvalue weighted by Gasteiger charge is -2.15. The van der Waals surface area contributed by atoms with E-state index in [9.17, 15) is 14.4 Å². The Labute approximate surface area is 116 Å². The van der Waals surface area contributed by atoms with Crippen LogP contribution in [0.1, 0.15) is 25.7 Å². The molecule has 20 heavy (non-hydrogen) atoms. The molecule has 0 saturated heterocycles. The third-order valence-electron chi connectivity index (χ3n) is 5.04. The monoisotopic (exact) mass is 281 g/mol. The summed E-state index contributed by atoms with van der Waals surface area (Å²) in [5.41, 5.74) is 4.97. The van der Waals surface area contributed by atoms with Gasteiger partial charge in [-0.05, 0) is 42.9 Å². The van der Waals surface area contributed by atoms with Gasteiger partial charge in [0.15, 0.2) is 0 Å². The van der Waals surface area contributed by atoms with Crippen molar-refractivity contribution < 1.29 is 19.5 Å². The van der Waals surface area contributed by atoms with Gasteiger partial charge in [0.25, 0.3) is 0 Å². The van der Waals surface area contributed by atoms with Crippen LogP contribution in [0.4, 0.5) is 4.79 Å². The molecule has 2 bridgehead atoms. The molecule has 7 nitrogen and oxygen atoms in total. The molecule has 0 aliphatic heterocycles. The van der Waals surface area contributed by atoms with Gasteiger partial charge in [0.2, 0.25) is 5.91 Å². The second kappa shape index (κ2) is 4.64. The van der Waals surface area contributed by atoms with Gasteiger partial charge in [0, 0.05) is 6.04 Å². The summed E-state index contributed by atoms with van der Waals surface area (Å²) < 4.78 is 0. The van der Waals surface area contributed by atoms with Crippen molar-refractivity contribution in [1.29, 1.82) is 0 Å². The first kappa shape index (κ1) is 13.2. The standard InChI is InChI=1S/C13H19N3O4/c14-8(17)4-7(12(18)19)15-13(20)16-11-9-5-1-2-6(3-5)10(9)11/h5-7,9-11H,1-4H2,(H2,14,17)(H,18,19)(H2,15,16,20)/t5?,6?,7-,9?,10?,11?/m0/s1. The fourth-order valence-electron chi connectivity index (χ4n) is 4.27. The highest BCUT2D eigenvalue weighted by Gasteiger charge is 2.65. The van der Waals surface area contributed by atoms with E-state index in [4.69, 9.17) is 10.8 Å². The summed E-state index contributed by atoms with van der Waals surface area (Å²) in [6.45, 7) is 0. The van der Waals surface area contributed by atoms with Gasteiger partial charge in [-0.1, -0.05) is 0 Å². The first-order valence-electron chi connectivity index (χ1n) is 7.05. The second-order valence-electron chi connectivity index (χ2n) is 6.19. The lowest BCUT2D eigenvalue weighted by molar-refractivity contribution is -0.140. The second-order valence-corrected chi connectivity index (χ2v) is 6.19. The Kier molecular flexibility index (Phi) is 3.07. The van der Waals surface area contributed by atoms with Gasteiger partial charge in [-0.25, -0.2) is 9.59 Å². The summed E-state index contributed by atoms with van der Waals surface area (Å²) in [7, 11) is 0. The number of carbonyl (C=O) groups is 3. The highest BCUT2D eigenvalue weighted by atomic mass is 16.4. The van der Waals surface area contributed by atoms with Gasteiger partial charge in [-0.2, -0.15) is 0 Å². The maximum Gasteiger partial charge on any atom is 0.326 e. The van der Waals surface area contributed by atoms with Crippen LogP contribution in [0.3, 0.4) is 0 Å². The summed E-state index contributed by atoms with van der Waals surface area (Å²) in [5, 5.41) is 14.1. The van der Waals surface area contributed by atoms with Crippen LogP contribution in [0.5, 0.6) is 0 Å². The summed E-state index contributed by atoms with van der Waals surface area (Å²) in [6.07, 6.45) is 3.40. The maximum absolute atomic E-state index is 11.8. The van der Waals surface area contributed by atoms with E-state index in [1.165, 1.54) is 19.3 Å². The van der Waals surface area contributed by atoms with Crippen LogP contribution >= 0.6 is 0 Å². The minimum absolute atomic E-state index is 0.185. The Morgan fingerprint density at radius 1 is 1.20 bits per heavy atom. The van der Waals surface area contributed by atoms with Crippen molar-refractivity contribution in [2.75, 3.05) is 0 Å². The molecule has 5 atom stereocenters. The quantitative estimate of drug-likeness (QED) is 0.550. The van der Waals surface area contributed by atoms with E-state index < -0.39 is 30.4 Å². The predicted octanol–water partition coefficient (Wildman–Crippen LogP) is -0.341. The number of primary amides is 1. The lowest BCUT2D eigenvalue weighted by Crippen LogP contribution is -2.48. The third-order valence-corrected chi connectivity index (χ3v) is 5.04. The number of amides is 3. The van der Waals surface area contributed by atoms with E-state index in [0.29, 0.717) is 11.8 Å². The minimum Gasteiger partial charge on any atom is -0.480 e. The SMILES string of the molecule is NC(=O)C[C@H](NC(=O)NC1C2C3CCC(C3)C12)C(=O)O. The topological polar surface area (TPSA) is 122 Å². The molecule has 3 fully saturated rings. The molecule has 3 saturated carbocycles. The number of hydrogen-bond donors (Lipinski definition) is 4. The molecule has 0 spiro atoms. The number of aliphatic carboxylic acids is 1. The van der Waals surface area contributed by atoms with Crippen LogP contribution in [0.25, 0.3) is 0 Å². The average Bonchev–Trinajstić information content (AvgIpc) is 2.76. The molecule has 0 heterocycles. The average molecular weight is 281 g/mol. The number of carbonyl (C=O) groups excluding carboxylic acids is 2. The van der Waals surface area contributed by atoms with E-state index in [-0.39, 0.29) is 6.04 Å². The maximum atomic E-state index is 11.8. The van der Waals surface area contributed by atoms with E-state index in [1.54, 1.807) is 0 Å². The zero-order valence-corrected chi connectivity index (χ0v) is 11.0. The molecule has 7 heteroatoms. The Morgan fingerprint density at radius 3 is 2.30 bits per heavy atom. The predicted molar refractivity (Wildman–Crippen MR) is 68.5 cm³/mol. The highest BCUT2D eigenvalue weighted by Crippen LogP contribution is 2.65. The molecule has 3 rings (SSSR count). The zero-order chi connectivity index (χ0) is 14.4. The van der Waals surface area contributed by atoms with E-state index >= 15 is 0 Å². The van der Waals surface area contributed by atoms with Gasteiger partial charge in [-0.3, -0.25) is 4.79 Å². The van der Waals surface area contributed by atoms with Crippen LogP contribution in [-0.2, 0) is 9.59 Å². The summed E-state index contributed by atoms with van der Waals surface area (Å²) in [5.74, 6) is 0.624. The first-order valence-corrected chi connectivity index (χ1v) is 7.05. The van der Waals surface area contributed by atoms with E-state index in [2.05, 4.69) is 10.6 Å². The molecular weight excluding hydrogens is 262 g/mol. The van der Waals surface area contributed by atoms with Crippen molar-refractivity contribution >= 4 is 17.9 Å². The number of rotatable bonds is 5. The molecule has 110 valence electrons. The van der Waals surface area contributed by atoms with Crippen molar-refractivity contribution in [2.45, 2.75) is 37.8 Å². The first-order chi connectivity index (χ1) is 9.47. The zero-order valence-electron chi connectivity index (χ0n) is 11.0. The smallest absolute Gasteiger partial charge is 0.326 e. The van der Waals surface area contributed by atoms with Crippen molar-refractivity contribution in [1.82, 2.24) is 10.6 Å². The normalized spacial score (nSPS) is 37.9. The van der Waals surface area contributed by atoms with Gasteiger partial charge in [0.1, 0.15) is 6.04 Å². The van der Waals surface area contributed by atoms with Crippen molar-refractivity contribution in [3.05, 3.63) is 0 Å². The number of carboxylic acids is 1. The highest BCUT2D eigenvalue weighted by molar-refractivity contribution is 5.87. The van der Waals surface area contributed by atoms with E-state index in [1.807, 2.05) is 0 Å². The fourth-order valence-corrected chi connectivity index (χ4v) is 4.27. The fraction of sp³-hybridized carbons (Fsp3) is 0.769.